The van der Waals surface area contributed by atoms with Gasteiger partial charge in [0.2, 0.25) is 5.88 Å². The monoisotopic (exact) mass is 477 g/mol. The number of nitrogens with one attached hydrogen (secondary N) is 1. The van der Waals surface area contributed by atoms with Crippen molar-refractivity contribution in [3.05, 3.63) is 71.0 Å². The van der Waals surface area contributed by atoms with Crippen molar-refractivity contribution in [1.82, 2.24) is 19.7 Å². The lowest BCUT2D eigenvalue weighted by atomic mass is 10.3. The molecular weight excluding hydrogens is 466 g/mol. The highest BCUT2D eigenvalue weighted by atomic mass is 79.9. The van der Waals surface area contributed by atoms with Gasteiger partial charge >= 0.3 is 0 Å². The lowest BCUT2D eigenvalue weighted by Crippen LogP contribution is -2.11. The fraction of sp³-hybridized carbons (Fsp3) is 0. The zero-order valence-corrected chi connectivity index (χ0v) is 17.3. The molecule has 142 valence electrons. The zero-order chi connectivity index (χ0) is 19.6. The van der Waals surface area contributed by atoms with Crippen molar-refractivity contribution in [3.8, 4) is 17.4 Å². The predicted molar refractivity (Wildman–Crippen MR) is 108 cm³/mol. The summed E-state index contributed by atoms with van der Waals surface area (Å²) in [6, 6.07) is 13.2. The van der Waals surface area contributed by atoms with Crippen LogP contribution in [0.25, 0.3) is 5.82 Å². The van der Waals surface area contributed by atoms with Crippen LogP contribution in [0.15, 0.2) is 75.2 Å². The topological polar surface area (TPSA) is 99.0 Å². The Kier molecular flexibility index (Phi) is 5.11. The third-order valence-electron chi connectivity index (χ3n) is 3.54. The van der Waals surface area contributed by atoms with Crippen molar-refractivity contribution >= 4 is 43.0 Å². The Labute approximate surface area is 173 Å². The molecule has 0 saturated carbocycles. The highest BCUT2D eigenvalue weighted by Crippen LogP contribution is 2.28. The van der Waals surface area contributed by atoms with Crippen LogP contribution in [-0.2, 0) is 10.0 Å². The molecular formula is C17H12BrN5O3S2. The molecule has 4 rings (SSSR count). The molecule has 1 aromatic carbocycles. The third-order valence-corrected chi connectivity index (χ3v) is 7.03. The molecule has 0 spiro atoms. The van der Waals surface area contributed by atoms with Crippen LogP contribution < -0.4 is 9.46 Å². The summed E-state index contributed by atoms with van der Waals surface area (Å²) >= 11 is 4.40. The number of anilines is 1. The fourth-order valence-electron chi connectivity index (χ4n) is 2.26. The summed E-state index contributed by atoms with van der Waals surface area (Å²) < 4.78 is 35.6. The second-order valence-corrected chi connectivity index (χ2v) is 9.86. The Morgan fingerprint density at radius 2 is 1.86 bits per heavy atom. The molecule has 0 aliphatic heterocycles. The average Bonchev–Trinajstić information content (AvgIpc) is 3.36. The molecule has 8 nitrogen and oxygen atoms in total. The van der Waals surface area contributed by atoms with Crippen molar-refractivity contribution in [2.24, 2.45) is 0 Å². The number of hydrogen-bond donors (Lipinski definition) is 1. The van der Waals surface area contributed by atoms with Crippen LogP contribution in [0.1, 0.15) is 0 Å². The Balaban J connectivity index is 1.43. The van der Waals surface area contributed by atoms with Crippen LogP contribution in [0, 0.1) is 0 Å². The number of benzene rings is 1. The van der Waals surface area contributed by atoms with E-state index in [1.807, 2.05) is 0 Å². The number of ether oxygens (including phenoxy) is 1. The van der Waals surface area contributed by atoms with E-state index in [0.29, 0.717) is 23.1 Å². The van der Waals surface area contributed by atoms with Gasteiger partial charge in [0.15, 0.2) is 5.82 Å². The van der Waals surface area contributed by atoms with Crippen molar-refractivity contribution in [2.45, 2.75) is 4.21 Å². The van der Waals surface area contributed by atoms with Gasteiger partial charge in [-0.1, -0.05) is 0 Å². The van der Waals surface area contributed by atoms with Gasteiger partial charge in [0.25, 0.3) is 10.0 Å². The maximum Gasteiger partial charge on any atom is 0.271 e. The number of rotatable bonds is 6. The standard InChI is InChI=1S/C17H12BrN5O3S2/c18-14-5-8-17(27-14)28(24,25)22-12-1-3-13(4-2-12)26-16-7-6-15(20-21-16)23-10-9-19-11-23/h1-11,22H. The molecule has 11 heteroatoms. The third kappa shape index (κ3) is 4.21. The van der Waals surface area contributed by atoms with Crippen LogP contribution >= 0.6 is 27.3 Å². The Morgan fingerprint density at radius 1 is 1.04 bits per heavy atom. The van der Waals surface area contributed by atoms with Gasteiger partial charge in [-0.05, 0) is 58.4 Å². The summed E-state index contributed by atoms with van der Waals surface area (Å²) in [5.41, 5.74) is 0.429. The van der Waals surface area contributed by atoms with Gasteiger partial charge in [-0.15, -0.1) is 21.5 Å². The zero-order valence-electron chi connectivity index (χ0n) is 14.1. The van der Waals surface area contributed by atoms with Gasteiger partial charge in [0.1, 0.15) is 16.3 Å². The Morgan fingerprint density at radius 3 is 2.46 bits per heavy atom. The Hall–Kier alpha value is -2.76. The first kappa shape index (κ1) is 18.6. The number of hydrogen-bond acceptors (Lipinski definition) is 7. The maximum atomic E-state index is 12.3. The van der Waals surface area contributed by atoms with Crippen molar-refractivity contribution in [3.63, 3.8) is 0 Å². The van der Waals surface area contributed by atoms with Gasteiger partial charge in [-0.25, -0.2) is 13.4 Å². The van der Waals surface area contributed by atoms with Crippen LogP contribution in [0.4, 0.5) is 5.69 Å². The normalized spacial score (nSPS) is 11.3. The first-order chi connectivity index (χ1) is 13.5. The van der Waals surface area contributed by atoms with E-state index in [1.165, 1.54) is 0 Å². The second kappa shape index (κ2) is 7.70. The molecule has 0 amide bonds. The maximum absolute atomic E-state index is 12.3. The number of sulfonamides is 1. The van der Waals surface area contributed by atoms with Crippen LogP contribution in [-0.4, -0.2) is 28.2 Å². The van der Waals surface area contributed by atoms with Crippen LogP contribution in [0.2, 0.25) is 0 Å². The van der Waals surface area contributed by atoms with E-state index in [9.17, 15) is 8.42 Å². The molecule has 0 unspecified atom stereocenters. The van der Waals surface area contributed by atoms with E-state index in [4.69, 9.17) is 4.74 Å². The van der Waals surface area contributed by atoms with Gasteiger partial charge in [0.05, 0.1) is 3.79 Å². The molecule has 0 aliphatic rings. The molecule has 1 N–H and O–H groups in total. The van der Waals surface area contributed by atoms with Gasteiger partial charge in [-0.3, -0.25) is 9.29 Å². The average molecular weight is 478 g/mol. The smallest absolute Gasteiger partial charge is 0.271 e. The van der Waals surface area contributed by atoms with E-state index in [2.05, 4.69) is 35.8 Å². The molecule has 4 aromatic rings. The second-order valence-electron chi connectivity index (χ2n) is 5.49. The first-order valence-corrected chi connectivity index (χ1v) is 11.0. The van der Waals surface area contributed by atoms with E-state index < -0.39 is 10.0 Å². The fourth-order valence-corrected chi connectivity index (χ4v) is 5.33. The highest BCUT2D eigenvalue weighted by Gasteiger charge is 2.16. The largest absolute Gasteiger partial charge is 0.438 e. The molecule has 0 bridgehead atoms. The molecule has 0 fully saturated rings. The first-order valence-electron chi connectivity index (χ1n) is 7.88. The molecule has 0 radical (unpaired) electrons. The van der Waals surface area contributed by atoms with Crippen molar-refractivity contribution in [2.75, 3.05) is 4.72 Å². The number of aromatic nitrogens is 4. The minimum atomic E-state index is -3.62. The van der Waals surface area contributed by atoms with Crippen LogP contribution in [0.5, 0.6) is 11.6 Å². The minimum Gasteiger partial charge on any atom is -0.438 e. The van der Waals surface area contributed by atoms with Gasteiger partial charge in [0, 0.05) is 24.1 Å². The SMILES string of the molecule is O=S(=O)(Nc1ccc(Oc2ccc(-n3ccnc3)nn2)cc1)c1ccc(Br)s1. The van der Waals surface area contributed by atoms with Crippen molar-refractivity contribution < 1.29 is 13.2 Å². The summed E-state index contributed by atoms with van der Waals surface area (Å²) in [5.74, 6) is 1.45. The molecule has 0 saturated heterocycles. The number of imidazole rings is 1. The van der Waals surface area contributed by atoms with E-state index >= 15 is 0 Å². The van der Waals surface area contributed by atoms with Crippen LogP contribution in [0.3, 0.4) is 0 Å². The summed E-state index contributed by atoms with van der Waals surface area (Å²) in [6.07, 6.45) is 5.04. The molecule has 0 atom stereocenters. The molecule has 28 heavy (non-hydrogen) atoms. The number of thiophene rings is 1. The number of halogens is 1. The summed E-state index contributed by atoms with van der Waals surface area (Å²) in [7, 11) is -3.62. The highest BCUT2D eigenvalue weighted by molar-refractivity contribution is 9.11. The summed E-state index contributed by atoms with van der Waals surface area (Å²) in [4.78, 5) is 3.96. The van der Waals surface area contributed by atoms with Gasteiger partial charge in [-0.2, -0.15) is 0 Å². The molecule has 3 aromatic heterocycles. The summed E-state index contributed by atoms with van der Waals surface area (Å²) in [6.45, 7) is 0. The van der Waals surface area contributed by atoms with E-state index in [0.717, 1.165) is 15.1 Å². The quantitative estimate of drug-likeness (QED) is 0.449. The minimum absolute atomic E-state index is 0.230. The summed E-state index contributed by atoms with van der Waals surface area (Å²) in [5, 5.41) is 8.09. The van der Waals surface area contributed by atoms with Gasteiger partial charge < -0.3 is 4.74 Å². The van der Waals surface area contributed by atoms with Crippen molar-refractivity contribution in [1.29, 1.82) is 0 Å². The van der Waals surface area contributed by atoms with E-state index in [1.54, 1.807) is 71.8 Å². The molecule has 0 aliphatic carbocycles. The lowest BCUT2D eigenvalue weighted by molar-refractivity contribution is 0.454. The predicted octanol–water partition coefficient (Wildman–Crippen LogP) is 4.08. The number of nitrogens with zero attached hydrogens (tertiary/aromatic N) is 4. The lowest BCUT2D eigenvalue weighted by Gasteiger charge is -2.08. The Bertz CT molecular complexity index is 1170. The van der Waals surface area contributed by atoms with E-state index in [-0.39, 0.29) is 4.21 Å². The molecule has 3 heterocycles.